The molecule has 1 atom stereocenters. The molecule has 2 aliphatic heterocycles. The zero-order valence-electron chi connectivity index (χ0n) is 16.3. The van der Waals surface area contributed by atoms with E-state index < -0.39 is 6.61 Å². The monoisotopic (exact) mass is 420 g/mol. The average molecular weight is 421 g/mol. The number of halogens is 2. The highest BCUT2D eigenvalue weighted by Gasteiger charge is 2.50. The molecule has 8 heteroatoms. The maximum atomic E-state index is 12.7. The van der Waals surface area contributed by atoms with E-state index in [0.717, 1.165) is 49.7 Å². The average Bonchev–Trinajstić information content (AvgIpc) is 3.37. The van der Waals surface area contributed by atoms with Crippen molar-refractivity contribution in [3.63, 3.8) is 0 Å². The summed E-state index contributed by atoms with van der Waals surface area (Å²) in [4.78, 5) is 4.99. The third-order valence-electron chi connectivity index (χ3n) is 6.97. The number of anilines is 1. The van der Waals surface area contributed by atoms with Crippen LogP contribution in [0.5, 0.6) is 5.75 Å². The van der Waals surface area contributed by atoms with Gasteiger partial charge < -0.3 is 14.5 Å². The molecule has 1 aliphatic carbocycles. The molecule has 1 aromatic carbocycles. The van der Waals surface area contributed by atoms with E-state index in [2.05, 4.69) is 20.0 Å². The lowest BCUT2D eigenvalue weighted by molar-refractivity contribution is -0.0508. The summed E-state index contributed by atoms with van der Waals surface area (Å²) in [5.41, 5.74) is 3.18. The standard InChI is InChI=1S/C21H26F2N4OS/c22-19(23)28-18-4-2-1-3-17(18)15-6-9-26(10-7-15)16-5-8-21(11-16)12-27(13-21)20-25-24-14-29-20/h1-4,14-16,19H,5-13H2/t16-/m0/s1. The van der Waals surface area contributed by atoms with Crippen LogP contribution in [-0.4, -0.2) is 53.9 Å². The van der Waals surface area contributed by atoms with Crippen molar-refractivity contribution < 1.29 is 13.5 Å². The van der Waals surface area contributed by atoms with E-state index in [1.54, 1.807) is 29.0 Å². The molecule has 5 rings (SSSR count). The molecule has 0 radical (unpaired) electrons. The van der Waals surface area contributed by atoms with Crippen molar-refractivity contribution >= 4 is 16.5 Å². The first-order chi connectivity index (χ1) is 14.1. The van der Waals surface area contributed by atoms with Crippen molar-refractivity contribution in [2.75, 3.05) is 31.1 Å². The van der Waals surface area contributed by atoms with Crippen LogP contribution >= 0.6 is 11.3 Å². The Balaban J connectivity index is 1.15. The van der Waals surface area contributed by atoms with E-state index in [9.17, 15) is 8.78 Å². The number of aromatic nitrogens is 2. The van der Waals surface area contributed by atoms with E-state index >= 15 is 0 Å². The lowest BCUT2D eigenvalue weighted by Gasteiger charge is -2.48. The summed E-state index contributed by atoms with van der Waals surface area (Å²) in [6, 6.07) is 7.94. The molecule has 0 unspecified atom stereocenters. The summed E-state index contributed by atoms with van der Waals surface area (Å²) in [5, 5.41) is 9.19. The van der Waals surface area contributed by atoms with Crippen LogP contribution in [0.15, 0.2) is 29.8 Å². The summed E-state index contributed by atoms with van der Waals surface area (Å²) in [7, 11) is 0. The number of piperidine rings is 1. The van der Waals surface area contributed by atoms with E-state index in [-0.39, 0.29) is 0 Å². The summed E-state index contributed by atoms with van der Waals surface area (Å²) in [6.45, 7) is 1.51. The fourth-order valence-corrected chi connectivity index (χ4v) is 6.14. The molecule has 2 saturated heterocycles. The number of alkyl halides is 2. The molecule has 1 saturated carbocycles. The topological polar surface area (TPSA) is 41.5 Å². The van der Waals surface area contributed by atoms with Crippen LogP contribution in [0.1, 0.15) is 43.6 Å². The van der Waals surface area contributed by atoms with Crippen molar-refractivity contribution in [2.45, 2.75) is 50.7 Å². The highest BCUT2D eigenvalue weighted by atomic mass is 32.1. The van der Waals surface area contributed by atoms with Gasteiger partial charge in [-0.15, -0.1) is 10.2 Å². The summed E-state index contributed by atoms with van der Waals surface area (Å²) < 4.78 is 30.2. The molecule has 156 valence electrons. The molecule has 0 amide bonds. The SMILES string of the molecule is FC(F)Oc1ccccc1C1CCN([C@H]2CCC3(C2)CN(c2nncs2)C3)CC1. The van der Waals surface area contributed by atoms with Crippen LogP contribution in [-0.2, 0) is 0 Å². The Morgan fingerprint density at radius 3 is 2.66 bits per heavy atom. The van der Waals surface area contributed by atoms with Gasteiger partial charge in [-0.1, -0.05) is 29.5 Å². The third-order valence-corrected chi connectivity index (χ3v) is 7.72. The van der Waals surface area contributed by atoms with E-state index in [0.29, 0.717) is 23.1 Å². The van der Waals surface area contributed by atoms with Crippen LogP contribution < -0.4 is 9.64 Å². The molecule has 29 heavy (non-hydrogen) atoms. The third kappa shape index (κ3) is 3.84. The molecular formula is C21H26F2N4OS. The molecular weight excluding hydrogens is 394 g/mol. The lowest BCUT2D eigenvalue weighted by Crippen LogP contribution is -2.56. The Labute approximate surface area is 173 Å². The summed E-state index contributed by atoms with van der Waals surface area (Å²) in [6.07, 6.45) is 5.82. The molecule has 2 aromatic rings. The largest absolute Gasteiger partial charge is 0.435 e. The second-order valence-corrected chi connectivity index (χ2v) is 9.51. The smallest absolute Gasteiger partial charge is 0.387 e. The van der Waals surface area contributed by atoms with Gasteiger partial charge >= 0.3 is 6.61 Å². The molecule has 3 heterocycles. The van der Waals surface area contributed by atoms with Crippen molar-refractivity contribution in [1.82, 2.24) is 15.1 Å². The zero-order valence-corrected chi connectivity index (χ0v) is 17.2. The maximum Gasteiger partial charge on any atom is 0.387 e. The van der Waals surface area contributed by atoms with E-state index in [1.165, 1.54) is 19.3 Å². The normalized spacial score (nSPS) is 24.9. The van der Waals surface area contributed by atoms with E-state index in [1.807, 2.05) is 12.1 Å². The van der Waals surface area contributed by atoms with Crippen LogP contribution in [0.4, 0.5) is 13.9 Å². The van der Waals surface area contributed by atoms with Crippen LogP contribution in [0.3, 0.4) is 0 Å². The number of rotatable bonds is 5. The fraction of sp³-hybridized carbons (Fsp3) is 0.619. The van der Waals surface area contributed by atoms with Gasteiger partial charge in [0.1, 0.15) is 11.3 Å². The first kappa shape index (κ1) is 19.2. The van der Waals surface area contributed by atoms with Crippen LogP contribution in [0.2, 0.25) is 0 Å². The minimum Gasteiger partial charge on any atom is -0.435 e. The minimum absolute atomic E-state index is 0.299. The fourth-order valence-electron chi connectivity index (χ4n) is 5.58. The first-order valence-corrected chi connectivity index (χ1v) is 11.3. The second-order valence-electron chi connectivity index (χ2n) is 8.70. The van der Waals surface area contributed by atoms with Crippen molar-refractivity contribution in [2.24, 2.45) is 5.41 Å². The Hall–Kier alpha value is -1.80. The molecule has 0 bridgehead atoms. The number of para-hydroxylation sites is 1. The van der Waals surface area contributed by atoms with Gasteiger partial charge in [-0.3, -0.25) is 0 Å². The Kier molecular flexibility index (Phi) is 5.16. The van der Waals surface area contributed by atoms with Crippen LogP contribution in [0, 0.1) is 5.41 Å². The van der Waals surface area contributed by atoms with Gasteiger partial charge in [0.2, 0.25) is 5.13 Å². The predicted octanol–water partition coefficient (Wildman–Crippen LogP) is 4.38. The molecule has 3 aliphatic rings. The predicted molar refractivity (Wildman–Crippen MR) is 109 cm³/mol. The molecule has 3 fully saturated rings. The maximum absolute atomic E-state index is 12.7. The second kappa shape index (κ2) is 7.80. The van der Waals surface area contributed by atoms with E-state index in [4.69, 9.17) is 4.74 Å². The highest BCUT2D eigenvalue weighted by Crippen LogP contribution is 2.49. The number of benzene rings is 1. The zero-order chi connectivity index (χ0) is 19.8. The minimum atomic E-state index is -2.77. The molecule has 1 spiro atoms. The van der Waals surface area contributed by atoms with Crippen molar-refractivity contribution in [1.29, 1.82) is 0 Å². The number of ether oxygens (including phenoxy) is 1. The van der Waals surface area contributed by atoms with Gasteiger partial charge in [0, 0.05) is 24.5 Å². The Bertz CT molecular complexity index is 820. The van der Waals surface area contributed by atoms with Gasteiger partial charge in [0.15, 0.2) is 0 Å². The van der Waals surface area contributed by atoms with Gasteiger partial charge in [-0.2, -0.15) is 8.78 Å². The van der Waals surface area contributed by atoms with Crippen molar-refractivity contribution in [3.05, 3.63) is 35.3 Å². The molecule has 0 N–H and O–H groups in total. The Morgan fingerprint density at radius 2 is 1.93 bits per heavy atom. The summed E-state index contributed by atoms with van der Waals surface area (Å²) >= 11 is 1.62. The summed E-state index contributed by atoms with van der Waals surface area (Å²) in [5.74, 6) is 0.639. The number of hydrogen-bond donors (Lipinski definition) is 0. The quantitative estimate of drug-likeness (QED) is 0.718. The van der Waals surface area contributed by atoms with Crippen LogP contribution in [0.25, 0.3) is 0 Å². The number of nitrogens with zero attached hydrogens (tertiary/aromatic N) is 4. The van der Waals surface area contributed by atoms with Crippen molar-refractivity contribution in [3.8, 4) is 5.75 Å². The molecule has 5 nitrogen and oxygen atoms in total. The van der Waals surface area contributed by atoms with Gasteiger partial charge in [0.05, 0.1) is 0 Å². The lowest BCUT2D eigenvalue weighted by atomic mass is 9.78. The van der Waals surface area contributed by atoms with Gasteiger partial charge in [-0.05, 0) is 62.7 Å². The molecule has 1 aromatic heterocycles. The highest BCUT2D eigenvalue weighted by molar-refractivity contribution is 7.13. The Morgan fingerprint density at radius 1 is 1.14 bits per heavy atom. The van der Waals surface area contributed by atoms with Gasteiger partial charge in [-0.25, -0.2) is 0 Å². The van der Waals surface area contributed by atoms with Gasteiger partial charge in [0.25, 0.3) is 0 Å². The number of hydrogen-bond acceptors (Lipinski definition) is 6. The first-order valence-electron chi connectivity index (χ1n) is 10.4. The number of likely N-dealkylation sites (tertiary alicyclic amines) is 1.